The summed E-state index contributed by atoms with van der Waals surface area (Å²) in [6.45, 7) is 7.66. The summed E-state index contributed by atoms with van der Waals surface area (Å²) in [6, 6.07) is 93.5. The first-order valence-electron chi connectivity index (χ1n) is 30.6. The molecule has 0 aliphatic heterocycles. The van der Waals surface area contributed by atoms with Crippen LogP contribution in [0.2, 0.25) is 0 Å². The van der Waals surface area contributed by atoms with E-state index >= 15 is 0 Å². The number of aromatic nitrogens is 11. The molecule has 11 aromatic carbocycles. The van der Waals surface area contributed by atoms with Crippen molar-refractivity contribution in [3.8, 4) is 96.0 Å². The van der Waals surface area contributed by atoms with Gasteiger partial charge in [0, 0.05) is 82.6 Å². The molecule has 17 rings (SSSR count). The van der Waals surface area contributed by atoms with Crippen LogP contribution in [0, 0.1) is 27.7 Å². The van der Waals surface area contributed by atoms with E-state index in [-0.39, 0.29) is 0 Å². The molecule has 6 aromatic heterocycles. The highest BCUT2D eigenvalue weighted by Gasteiger charge is 2.26. The van der Waals surface area contributed by atoms with Crippen molar-refractivity contribution < 1.29 is 0 Å². The van der Waals surface area contributed by atoms with Gasteiger partial charge in [0.15, 0.2) is 17.5 Å². The Hall–Kier alpha value is -12.1. The number of hydrogen-bond acceptors (Lipinski definition) is 8. The smallest absolute Gasteiger partial charge is 0.163 e. The molecule has 91 heavy (non-hydrogen) atoms. The number of benzene rings is 11. The molecule has 0 saturated heterocycles. The lowest BCUT2D eigenvalue weighted by Gasteiger charge is -2.22. The lowest BCUT2D eigenvalue weighted by atomic mass is 9.91. The van der Waals surface area contributed by atoms with Gasteiger partial charge in [-0.1, -0.05) is 158 Å². The third kappa shape index (κ3) is 9.12. The Balaban J connectivity index is 1.02. The molecule has 0 bridgehead atoms. The fourth-order valence-electron chi connectivity index (χ4n) is 13.6. The predicted molar refractivity (Wildman–Crippen MR) is 369 cm³/mol. The summed E-state index contributed by atoms with van der Waals surface area (Å²) in [6.07, 6.45) is 0. The van der Waals surface area contributed by atoms with Gasteiger partial charge in [0.05, 0.1) is 50.2 Å². The summed E-state index contributed by atoms with van der Waals surface area (Å²) in [5, 5.41) is 6.76. The predicted octanol–water partition coefficient (Wildman–Crippen LogP) is 19.0. The van der Waals surface area contributed by atoms with Crippen molar-refractivity contribution in [2.24, 2.45) is 0 Å². The maximum Gasteiger partial charge on any atom is 0.163 e. The van der Waals surface area contributed by atoms with Gasteiger partial charge in [-0.3, -0.25) is 0 Å². The second kappa shape index (κ2) is 21.4. The van der Waals surface area contributed by atoms with E-state index in [0.717, 1.165) is 122 Å². The second-order valence-electron chi connectivity index (χ2n) is 23.3. The largest absolute Gasteiger partial charge is 0.309 e. The van der Waals surface area contributed by atoms with Gasteiger partial charge >= 0.3 is 0 Å². The van der Waals surface area contributed by atoms with E-state index in [2.05, 4.69) is 272 Å². The third-order valence-electron chi connectivity index (χ3n) is 17.4. The van der Waals surface area contributed by atoms with Gasteiger partial charge in [0.25, 0.3) is 0 Å². The molecule has 0 radical (unpaired) electrons. The van der Waals surface area contributed by atoms with Crippen molar-refractivity contribution in [3.05, 3.63) is 284 Å². The lowest BCUT2D eigenvalue weighted by Crippen LogP contribution is -2.04. The van der Waals surface area contributed by atoms with Crippen LogP contribution in [0.15, 0.2) is 261 Å². The summed E-state index contributed by atoms with van der Waals surface area (Å²) in [5.41, 5.74) is 19.6. The van der Waals surface area contributed by atoms with Crippen molar-refractivity contribution in [2.45, 2.75) is 27.7 Å². The summed E-state index contributed by atoms with van der Waals surface area (Å²) in [5.74, 6) is 4.43. The standard InChI is InChI=1S/C80H55N11/c1-48-81-49(2)84-78(83-48)56-37-39-75-67(43-56)68-44-57(79-85-50(3)82-51(4)86-79)38-40-76(68)91(75)77-65(54-25-19-27-59(41-54)89-71-33-15-11-29-61(71)62-30-12-16-34-72(62)89)45-58(80-87-69(52-21-7-5-8-22-52)47-70(88-80)53-23-9-6-10-24-53)46-66(77)55-26-20-28-60(42-55)90-73-35-17-13-31-63(73)64-32-14-18-36-74(64)90/h5-47H,1-4H3. The average molecular weight is 1170 g/mol. The van der Waals surface area contributed by atoms with Crippen LogP contribution >= 0.6 is 0 Å². The van der Waals surface area contributed by atoms with E-state index in [4.69, 9.17) is 29.9 Å². The highest BCUT2D eigenvalue weighted by Crippen LogP contribution is 2.47. The molecule has 0 aliphatic carbocycles. The molecule has 0 unspecified atom stereocenters. The average Bonchev–Trinajstić information content (AvgIpc) is 1.65. The van der Waals surface area contributed by atoms with Gasteiger partial charge in [-0.15, -0.1) is 0 Å². The lowest BCUT2D eigenvalue weighted by molar-refractivity contribution is 0.928. The quantitative estimate of drug-likeness (QED) is 0.133. The third-order valence-corrected chi connectivity index (χ3v) is 17.4. The van der Waals surface area contributed by atoms with E-state index in [1.807, 2.05) is 39.8 Å². The minimum Gasteiger partial charge on any atom is -0.309 e. The van der Waals surface area contributed by atoms with E-state index < -0.39 is 0 Å². The van der Waals surface area contributed by atoms with Crippen LogP contribution in [0.4, 0.5) is 0 Å². The Morgan fingerprint density at radius 1 is 0.220 bits per heavy atom. The molecule has 0 fully saturated rings. The molecule has 0 aliphatic rings. The molecule has 430 valence electrons. The first-order chi connectivity index (χ1) is 44.7. The molecule has 11 nitrogen and oxygen atoms in total. The Bertz CT molecular complexity index is 5290. The van der Waals surface area contributed by atoms with Crippen LogP contribution in [0.5, 0.6) is 0 Å². The summed E-state index contributed by atoms with van der Waals surface area (Å²) in [7, 11) is 0. The van der Waals surface area contributed by atoms with Gasteiger partial charge in [-0.2, -0.15) is 0 Å². The zero-order valence-electron chi connectivity index (χ0n) is 50.2. The van der Waals surface area contributed by atoms with Crippen molar-refractivity contribution in [1.82, 2.24) is 53.6 Å². The minimum atomic E-state index is 0.591. The Kier molecular flexibility index (Phi) is 12.5. The number of rotatable bonds is 10. The maximum absolute atomic E-state index is 5.56. The molecule has 6 heterocycles. The molecular formula is C80H55N11. The summed E-state index contributed by atoms with van der Waals surface area (Å²) < 4.78 is 7.24. The number of fused-ring (bicyclic) bond motifs is 9. The topological polar surface area (TPSA) is 118 Å². The van der Waals surface area contributed by atoms with Crippen molar-refractivity contribution in [2.75, 3.05) is 0 Å². The van der Waals surface area contributed by atoms with E-state index in [1.165, 1.54) is 21.5 Å². The molecule has 0 amide bonds. The Morgan fingerprint density at radius 2 is 0.560 bits per heavy atom. The van der Waals surface area contributed by atoms with Crippen molar-refractivity contribution in [1.29, 1.82) is 0 Å². The molecule has 0 saturated carbocycles. The van der Waals surface area contributed by atoms with Crippen LogP contribution in [0.1, 0.15) is 23.3 Å². The van der Waals surface area contributed by atoms with Gasteiger partial charge in [-0.25, -0.2) is 39.9 Å². The van der Waals surface area contributed by atoms with Crippen LogP contribution in [-0.2, 0) is 0 Å². The highest BCUT2D eigenvalue weighted by molar-refractivity contribution is 6.14. The fourth-order valence-corrected chi connectivity index (χ4v) is 13.6. The van der Waals surface area contributed by atoms with Gasteiger partial charge in [0.1, 0.15) is 23.3 Å². The number of para-hydroxylation sites is 4. The van der Waals surface area contributed by atoms with E-state index in [1.54, 1.807) is 0 Å². The van der Waals surface area contributed by atoms with Crippen molar-refractivity contribution >= 4 is 65.4 Å². The first kappa shape index (κ1) is 53.2. The summed E-state index contributed by atoms with van der Waals surface area (Å²) >= 11 is 0. The highest BCUT2D eigenvalue weighted by atomic mass is 15.0. The molecule has 0 atom stereocenters. The monoisotopic (exact) mass is 1170 g/mol. The maximum atomic E-state index is 5.56. The van der Waals surface area contributed by atoms with E-state index in [0.29, 0.717) is 40.8 Å². The minimum absolute atomic E-state index is 0.591. The molecule has 0 spiro atoms. The van der Waals surface area contributed by atoms with Gasteiger partial charge in [0.2, 0.25) is 0 Å². The number of nitrogens with zero attached hydrogens (tertiary/aromatic N) is 11. The van der Waals surface area contributed by atoms with Crippen LogP contribution < -0.4 is 0 Å². The van der Waals surface area contributed by atoms with Crippen LogP contribution in [0.25, 0.3) is 161 Å². The first-order valence-corrected chi connectivity index (χ1v) is 30.6. The molecule has 17 aromatic rings. The number of hydrogen-bond donors (Lipinski definition) is 0. The molecule has 11 heteroatoms. The SMILES string of the molecule is Cc1nc(C)nc(-c2ccc3c(c2)c2cc(-c4nc(C)nc(C)n4)ccc2n3-c2c(-c3cccc(-n4c5ccccc5c5ccccc54)c3)cc(-c3nc(-c4ccccc4)cc(-c4ccccc4)n3)cc2-c2cccc(-n3c4ccccc4c4ccccc43)c2)n1. The van der Waals surface area contributed by atoms with Gasteiger partial charge in [-0.05, 0) is 142 Å². The Morgan fingerprint density at radius 3 is 0.956 bits per heavy atom. The zero-order valence-corrected chi connectivity index (χ0v) is 50.2. The van der Waals surface area contributed by atoms with E-state index in [9.17, 15) is 0 Å². The van der Waals surface area contributed by atoms with Crippen molar-refractivity contribution in [3.63, 3.8) is 0 Å². The van der Waals surface area contributed by atoms with Crippen LogP contribution in [-0.4, -0.2) is 53.6 Å². The number of aryl methyl sites for hydroxylation is 4. The molecular weight excluding hydrogens is 1110 g/mol. The summed E-state index contributed by atoms with van der Waals surface area (Å²) in [4.78, 5) is 39.9. The second-order valence-corrected chi connectivity index (χ2v) is 23.3. The van der Waals surface area contributed by atoms with Crippen LogP contribution in [0.3, 0.4) is 0 Å². The normalized spacial score (nSPS) is 11.7. The van der Waals surface area contributed by atoms with Gasteiger partial charge < -0.3 is 13.7 Å². The molecule has 0 N–H and O–H groups in total. The fraction of sp³-hybridized carbons (Fsp3) is 0.0500. The zero-order chi connectivity index (χ0) is 60.8. The Labute approximate surface area is 524 Å².